The number of anilines is 1. The van der Waals surface area contributed by atoms with Gasteiger partial charge >= 0.3 is 5.91 Å². The number of ether oxygens (including phenoxy) is 2. The Morgan fingerprint density at radius 3 is 2.59 bits per heavy atom. The van der Waals surface area contributed by atoms with Gasteiger partial charge in [-0.1, -0.05) is 36.1 Å². The summed E-state index contributed by atoms with van der Waals surface area (Å²) in [5.74, 6) is -1.51. The van der Waals surface area contributed by atoms with Crippen LogP contribution < -0.4 is 14.4 Å². The lowest BCUT2D eigenvalue weighted by molar-refractivity contribution is -0.132. The Labute approximate surface area is 240 Å². The van der Waals surface area contributed by atoms with Crippen LogP contribution in [-0.4, -0.2) is 50.2 Å². The molecule has 4 aromatic rings. The van der Waals surface area contributed by atoms with Crippen molar-refractivity contribution in [2.45, 2.75) is 33.7 Å². The summed E-state index contributed by atoms with van der Waals surface area (Å²) in [6.07, 6.45) is 3.33. The van der Waals surface area contributed by atoms with E-state index < -0.39 is 17.7 Å². The number of ketones is 2. The zero-order chi connectivity index (χ0) is 29.4. The van der Waals surface area contributed by atoms with Gasteiger partial charge in [0.2, 0.25) is 0 Å². The molecule has 1 saturated heterocycles. The third kappa shape index (κ3) is 4.78. The van der Waals surface area contributed by atoms with E-state index in [4.69, 9.17) is 9.47 Å². The molecule has 0 bridgehead atoms. The number of Topliss-reactive ketones (excluding diaryl/α,β-unsaturated/α-hetero) is 2. The topological polar surface area (TPSA) is 123 Å². The highest BCUT2D eigenvalue weighted by molar-refractivity contribution is 7.18. The number of carbonyl (C=O) groups excluding carboxylic acids is 3. The van der Waals surface area contributed by atoms with Gasteiger partial charge in [-0.15, -0.1) is 0 Å². The third-order valence-electron chi connectivity index (χ3n) is 6.62. The first-order valence-corrected chi connectivity index (χ1v) is 13.7. The zero-order valence-corrected chi connectivity index (χ0v) is 23.8. The highest BCUT2D eigenvalue weighted by Crippen LogP contribution is 2.46. The number of amides is 1. The molecule has 0 radical (unpaired) electrons. The Morgan fingerprint density at radius 1 is 1.12 bits per heavy atom. The lowest BCUT2D eigenvalue weighted by Gasteiger charge is -2.24. The summed E-state index contributed by atoms with van der Waals surface area (Å²) in [4.78, 5) is 50.2. The largest absolute Gasteiger partial charge is 0.505 e. The maximum absolute atomic E-state index is 13.7. The van der Waals surface area contributed by atoms with Gasteiger partial charge in [-0.2, -0.15) is 0 Å². The summed E-state index contributed by atoms with van der Waals surface area (Å²) in [6.45, 7) is 10.9. The first kappa shape index (κ1) is 27.8. The molecular formula is C30H28N4O6S. The number of pyridine rings is 1. The van der Waals surface area contributed by atoms with Crippen molar-refractivity contribution in [2.75, 3.05) is 18.1 Å². The van der Waals surface area contributed by atoms with Crippen LogP contribution in [0.3, 0.4) is 0 Å². The molecular weight excluding hydrogens is 544 g/mol. The van der Waals surface area contributed by atoms with Crippen molar-refractivity contribution in [2.24, 2.45) is 0 Å². The lowest BCUT2D eigenvalue weighted by atomic mass is 9.96. The van der Waals surface area contributed by atoms with Gasteiger partial charge < -0.3 is 14.6 Å². The van der Waals surface area contributed by atoms with E-state index >= 15 is 0 Å². The van der Waals surface area contributed by atoms with Gasteiger partial charge in [0.15, 0.2) is 28.2 Å². The second-order valence-electron chi connectivity index (χ2n) is 9.35. The minimum absolute atomic E-state index is 0.136. The van der Waals surface area contributed by atoms with Crippen LogP contribution in [0.25, 0.3) is 11.4 Å². The van der Waals surface area contributed by atoms with Gasteiger partial charge in [0.25, 0.3) is 5.78 Å². The van der Waals surface area contributed by atoms with Gasteiger partial charge in [-0.05, 0) is 50.6 Å². The van der Waals surface area contributed by atoms with Crippen LogP contribution in [0.15, 0.2) is 60.8 Å². The molecule has 10 nitrogen and oxygen atoms in total. The van der Waals surface area contributed by atoms with E-state index in [0.717, 1.165) is 11.3 Å². The molecule has 0 spiro atoms. The minimum Gasteiger partial charge on any atom is -0.505 e. The van der Waals surface area contributed by atoms with E-state index in [1.54, 1.807) is 60.9 Å². The number of thiazole rings is 1. The molecule has 0 aliphatic carbocycles. The van der Waals surface area contributed by atoms with Crippen molar-refractivity contribution < 1.29 is 29.0 Å². The number of hydrogen-bond acceptors (Lipinski definition) is 9. The molecule has 41 heavy (non-hydrogen) atoms. The summed E-state index contributed by atoms with van der Waals surface area (Å²) in [6, 6.07) is 9.33. The minimum atomic E-state index is -1.08. The fourth-order valence-electron chi connectivity index (χ4n) is 4.91. The lowest BCUT2D eigenvalue weighted by Crippen LogP contribution is -2.29. The summed E-state index contributed by atoms with van der Waals surface area (Å²) >= 11 is 1.02. The van der Waals surface area contributed by atoms with E-state index in [9.17, 15) is 19.5 Å². The van der Waals surface area contributed by atoms with Gasteiger partial charge in [0, 0.05) is 13.1 Å². The number of aryl methyl sites for hydroxylation is 2. The molecule has 1 atom stereocenters. The Kier molecular flexibility index (Phi) is 7.46. The quantitative estimate of drug-likeness (QED) is 0.0955. The van der Waals surface area contributed by atoms with E-state index in [1.807, 2.05) is 13.0 Å². The second-order valence-corrected chi connectivity index (χ2v) is 10.3. The van der Waals surface area contributed by atoms with Crippen LogP contribution in [-0.2, 0) is 9.59 Å². The van der Waals surface area contributed by atoms with E-state index in [-0.39, 0.29) is 28.9 Å². The molecule has 1 aromatic carbocycles. The standard InChI is InChI=1S/C30H28N4O6S/c1-6-14-40-20-12-11-19(15-21(20)39-7-2)25-23(26(36)24-16(3)31-22-10-8-9-13-33(22)24)27(37)29(38)34(25)30-32-17(4)28(41-30)18(5)35/h6,8-13,15,25,36H,1,7,14H2,2-5H3/b26-23+. The van der Waals surface area contributed by atoms with Crippen molar-refractivity contribution in [3.8, 4) is 11.5 Å². The van der Waals surface area contributed by atoms with Gasteiger partial charge in [-0.3, -0.25) is 23.7 Å². The third-order valence-corrected chi connectivity index (χ3v) is 7.88. The summed E-state index contributed by atoms with van der Waals surface area (Å²) in [5, 5.41) is 11.9. The summed E-state index contributed by atoms with van der Waals surface area (Å²) < 4.78 is 13.2. The molecule has 1 N–H and O–H groups in total. The Hall–Kier alpha value is -4.77. The number of fused-ring (bicyclic) bond motifs is 1. The first-order chi connectivity index (χ1) is 19.7. The van der Waals surface area contributed by atoms with Crippen LogP contribution in [0.5, 0.6) is 11.5 Å². The van der Waals surface area contributed by atoms with Gasteiger partial charge in [-0.25, -0.2) is 9.97 Å². The SMILES string of the molecule is C=CCOc1ccc(C2/C(=C(\O)c3c(C)nc4ccccn34)C(=O)C(=O)N2c2nc(C)c(C(C)=O)s2)cc1OCC. The number of imidazole rings is 1. The van der Waals surface area contributed by atoms with Gasteiger partial charge in [0.1, 0.15) is 17.9 Å². The molecule has 4 heterocycles. The molecule has 0 saturated carbocycles. The van der Waals surface area contributed by atoms with Crippen LogP contribution in [0, 0.1) is 13.8 Å². The molecule has 3 aromatic heterocycles. The summed E-state index contributed by atoms with van der Waals surface area (Å²) in [5.41, 5.74) is 2.12. The fourth-order valence-corrected chi connectivity index (χ4v) is 5.90. The van der Waals surface area contributed by atoms with Crippen molar-refractivity contribution in [3.63, 3.8) is 0 Å². The van der Waals surface area contributed by atoms with E-state index in [1.165, 1.54) is 11.8 Å². The van der Waals surface area contributed by atoms with Crippen molar-refractivity contribution in [1.82, 2.24) is 14.4 Å². The molecule has 1 aliphatic rings. The number of aliphatic hydroxyl groups excluding tert-OH is 1. The fraction of sp³-hybridized carbons (Fsp3) is 0.233. The Bertz CT molecular complexity index is 1750. The van der Waals surface area contributed by atoms with E-state index in [2.05, 4.69) is 16.5 Å². The van der Waals surface area contributed by atoms with Crippen molar-refractivity contribution in [1.29, 1.82) is 0 Å². The zero-order valence-electron chi connectivity index (χ0n) is 23.0. The van der Waals surface area contributed by atoms with Gasteiger partial charge in [0.05, 0.1) is 34.5 Å². The monoisotopic (exact) mass is 572 g/mol. The van der Waals surface area contributed by atoms with Crippen LogP contribution >= 0.6 is 11.3 Å². The predicted octanol–water partition coefficient (Wildman–Crippen LogP) is 5.20. The normalized spacial score (nSPS) is 16.4. The Morgan fingerprint density at radius 2 is 1.90 bits per heavy atom. The molecule has 1 amide bonds. The molecule has 1 unspecified atom stereocenters. The molecule has 210 valence electrons. The number of aliphatic hydroxyl groups is 1. The number of benzene rings is 1. The number of nitrogens with zero attached hydrogens (tertiary/aromatic N) is 4. The molecule has 1 fully saturated rings. The highest BCUT2D eigenvalue weighted by atomic mass is 32.1. The van der Waals surface area contributed by atoms with Crippen LogP contribution in [0.4, 0.5) is 5.13 Å². The number of carbonyl (C=O) groups is 3. The average molecular weight is 573 g/mol. The highest BCUT2D eigenvalue weighted by Gasteiger charge is 2.49. The van der Waals surface area contributed by atoms with E-state index in [0.29, 0.717) is 51.3 Å². The van der Waals surface area contributed by atoms with Crippen molar-refractivity contribution in [3.05, 3.63) is 88.3 Å². The maximum Gasteiger partial charge on any atom is 0.301 e. The summed E-state index contributed by atoms with van der Waals surface area (Å²) in [7, 11) is 0. The van der Waals surface area contributed by atoms with Crippen LogP contribution in [0.1, 0.15) is 52.2 Å². The first-order valence-electron chi connectivity index (χ1n) is 12.9. The molecule has 5 rings (SSSR count). The van der Waals surface area contributed by atoms with Crippen LogP contribution in [0.2, 0.25) is 0 Å². The maximum atomic E-state index is 13.7. The Balaban J connectivity index is 1.77. The average Bonchev–Trinajstić information content (AvgIpc) is 3.58. The predicted molar refractivity (Wildman–Crippen MR) is 155 cm³/mol. The number of rotatable bonds is 9. The number of aromatic nitrogens is 3. The smallest absolute Gasteiger partial charge is 0.301 e. The number of hydrogen-bond donors (Lipinski definition) is 1. The molecule has 11 heteroatoms. The second kappa shape index (κ2) is 11.0. The molecule has 1 aliphatic heterocycles. The van der Waals surface area contributed by atoms with Crippen molar-refractivity contribution >= 4 is 45.3 Å².